The number of benzene rings is 1. The Morgan fingerprint density at radius 1 is 1.23 bits per heavy atom. The van der Waals surface area contributed by atoms with Crippen molar-refractivity contribution < 1.29 is 13.2 Å². The number of methoxy groups -OCH3 is 1. The number of hydrogen-bond donors (Lipinski definition) is 1. The molecule has 1 fully saturated rings. The van der Waals surface area contributed by atoms with E-state index in [1.165, 1.54) is 12.5 Å². The van der Waals surface area contributed by atoms with Crippen LogP contribution in [0.5, 0.6) is 5.75 Å². The molecule has 140 valence electrons. The molecular formula is C18H24N4O3S. The standard InChI is InChI=1S/C18H24N4O3S/c1-13-5-4-10-22(12-13)18-9-8-17(19-20-18)21-26(23,24)16-7-6-15(25-3)11-14(16)2/h6-9,11,13H,4-5,10,12H2,1-3H3,(H,19,21). The van der Waals surface area contributed by atoms with Gasteiger partial charge in [-0.15, -0.1) is 10.2 Å². The highest BCUT2D eigenvalue weighted by Crippen LogP contribution is 2.24. The molecule has 0 spiro atoms. The summed E-state index contributed by atoms with van der Waals surface area (Å²) < 4.78 is 32.9. The predicted octanol–water partition coefficient (Wildman–Crippen LogP) is 2.83. The van der Waals surface area contributed by atoms with Gasteiger partial charge in [0, 0.05) is 13.1 Å². The summed E-state index contributed by atoms with van der Waals surface area (Å²) in [6.07, 6.45) is 2.36. The van der Waals surface area contributed by atoms with Gasteiger partial charge < -0.3 is 9.64 Å². The van der Waals surface area contributed by atoms with E-state index < -0.39 is 10.0 Å². The van der Waals surface area contributed by atoms with Crippen LogP contribution in [0.25, 0.3) is 0 Å². The number of ether oxygens (including phenoxy) is 1. The van der Waals surface area contributed by atoms with Gasteiger partial charge in [-0.25, -0.2) is 8.42 Å². The second kappa shape index (κ2) is 7.49. The number of aryl methyl sites for hydroxylation is 1. The molecule has 0 radical (unpaired) electrons. The zero-order valence-corrected chi connectivity index (χ0v) is 16.1. The zero-order valence-electron chi connectivity index (χ0n) is 15.3. The highest BCUT2D eigenvalue weighted by Gasteiger charge is 2.20. The third kappa shape index (κ3) is 4.07. The van der Waals surface area contributed by atoms with Crippen LogP contribution in [-0.4, -0.2) is 38.8 Å². The van der Waals surface area contributed by atoms with Gasteiger partial charge in [0.05, 0.1) is 12.0 Å². The van der Waals surface area contributed by atoms with Crippen molar-refractivity contribution in [2.75, 3.05) is 29.8 Å². The number of nitrogens with one attached hydrogen (secondary N) is 1. The summed E-state index contributed by atoms with van der Waals surface area (Å²) in [6.45, 7) is 5.85. The summed E-state index contributed by atoms with van der Waals surface area (Å²) in [4.78, 5) is 2.38. The summed E-state index contributed by atoms with van der Waals surface area (Å²) in [5.41, 5.74) is 0.601. The first-order valence-corrected chi connectivity index (χ1v) is 10.1. The van der Waals surface area contributed by atoms with Crippen LogP contribution in [0.2, 0.25) is 0 Å². The van der Waals surface area contributed by atoms with Crippen LogP contribution in [0.1, 0.15) is 25.3 Å². The molecule has 8 heteroatoms. The fourth-order valence-corrected chi connectivity index (χ4v) is 4.41. The normalized spacial score (nSPS) is 17.8. The van der Waals surface area contributed by atoms with Crippen LogP contribution < -0.4 is 14.4 Å². The van der Waals surface area contributed by atoms with Gasteiger partial charge in [0.25, 0.3) is 10.0 Å². The second-order valence-corrected chi connectivity index (χ2v) is 8.36. The minimum atomic E-state index is -3.74. The maximum absolute atomic E-state index is 12.6. The van der Waals surface area contributed by atoms with Crippen LogP contribution in [-0.2, 0) is 10.0 Å². The van der Waals surface area contributed by atoms with Gasteiger partial charge in [0.2, 0.25) is 0 Å². The van der Waals surface area contributed by atoms with Crippen molar-refractivity contribution in [1.29, 1.82) is 0 Å². The van der Waals surface area contributed by atoms with Crippen molar-refractivity contribution in [2.24, 2.45) is 5.92 Å². The number of hydrogen-bond acceptors (Lipinski definition) is 6. The Bertz CT molecular complexity index is 869. The molecule has 0 saturated carbocycles. The van der Waals surface area contributed by atoms with E-state index >= 15 is 0 Å². The summed E-state index contributed by atoms with van der Waals surface area (Å²) in [5.74, 6) is 2.22. The van der Waals surface area contributed by atoms with E-state index in [-0.39, 0.29) is 10.7 Å². The van der Waals surface area contributed by atoms with E-state index in [1.807, 2.05) is 6.07 Å². The summed E-state index contributed by atoms with van der Waals surface area (Å²) in [7, 11) is -2.19. The Hall–Kier alpha value is -2.35. The maximum atomic E-state index is 12.6. The minimum absolute atomic E-state index is 0.189. The lowest BCUT2D eigenvalue weighted by atomic mass is 10.0. The molecular weight excluding hydrogens is 352 g/mol. The minimum Gasteiger partial charge on any atom is -0.497 e. The summed E-state index contributed by atoms with van der Waals surface area (Å²) in [5, 5.41) is 8.24. The van der Waals surface area contributed by atoms with Gasteiger partial charge in [-0.1, -0.05) is 6.92 Å². The molecule has 1 aromatic carbocycles. The van der Waals surface area contributed by atoms with Crippen molar-refractivity contribution in [1.82, 2.24) is 10.2 Å². The van der Waals surface area contributed by atoms with Gasteiger partial charge in [-0.05, 0) is 61.6 Å². The Morgan fingerprint density at radius 2 is 2.04 bits per heavy atom. The van der Waals surface area contributed by atoms with Crippen LogP contribution in [0.4, 0.5) is 11.6 Å². The molecule has 1 unspecified atom stereocenters. The molecule has 1 saturated heterocycles. The third-order valence-corrected chi connectivity index (χ3v) is 6.06. The average molecular weight is 376 g/mol. The molecule has 0 amide bonds. The second-order valence-electron chi connectivity index (χ2n) is 6.71. The van der Waals surface area contributed by atoms with E-state index in [1.54, 1.807) is 32.2 Å². The Labute approximate surface area is 154 Å². The number of nitrogens with zero attached hydrogens (tertiary/aromatic N) is 3. The first-order valence-electron chi connectivity index (χ1n) is 8.65. The molecule has 2 aromatic rings. The number of aromatic nitrogens is 2. The molecule has 0 aliphatic carbocycles. The quantitative estimate of drug-likeness (QED) is 0.864. The van der Waals surface area contributed by atoms with Crippen LogP contribution in [0.3, 0.4) is 0 Å². The summed E-state index contributed by atoms with van der Waals surface area (Å²) >= 11 is 0. The Balaban J connectivity index is 1.76. The van der Waals surface area contributed by atoms with E-state index in [4.69, 9.17) is 4.74 Å². The number of anilines is 2. The topological polar surface area (TPSA) is 84.4 Å². The lowest BCUT2D eigenvalue weighted by Crippen LogP contribution is -2.34. The third-order valence-electron chi connectivity index (χ3n) is 4.54. The lowest BCUT2D eigenvalue weighted by molar-refractivity contribution is 0.414. The van der Waals surface area contributed by atoms with Crippen LogP contribution >= 0.6 is 0 Å². The molecule has 26 heavy (non-hydrogen) atoms. The van der Waals surface area contributed by atoms with Gasteiger partial charge >= 0.3 is 0 Å². The molecule has 1 atom stereocenters. The molecule has 1 aromatic heterocycles. The van der Waals surface area contributed by atoms with Crippen LogP contribution in [0, 0.1) is 12.8 Å². The molecule has 0 bridgehead atoms. The Morgan fingerprint density at radius 3 is 2.65 bits per heavy atom. The lowest BCUT2D eigenvalue weighted by Gasteiger charge is -2.31. The van der Waals surface area contributed by atoms with Gasteiger partial charge in [0.1, 0.15) is 5.75 Å². The van der Waals surface area contributed by atoms with E-state index in [9.17, 15) is 8.42 Å². The molecule has 1 aliphatic heterocycles. The number of rotatable bonds is 5. The highest BCUT2D eigenvalue weighted by molar-refractivity contribution is 7.92. The van der Waals surface area contributed by atoms with Crippen molar-refractivity contribution in [3.8, 4) is 5.75 Å². The first-order chi connectivity index (χ1) is 12.4. The molecule has 1 N–H and O–H groups in total. The smallest absolute Gasteiger partial charge is 0.263 e. The maximum Gasteiger partial charge on any atom is 0.263 e. The van der Waals surface area contributed by atoms with Gasteiger partial charge in [-0.3, -0.25) is 4.72 Å². The highest BCUT2D eigenvalue weighted by atomic mass is 32.2. The number of sulfonamides is 1. The first kappa shape index (κ1) is 18.4. The fraction of sp³-hybridized carbons (Fsp3) is 0.444. The SMILES string of the molecule is COc1ccc(S(=O)(=O)Nc2ccc(N3CCCC(C)C3)nn2)c(C)c1. The van der Waals surface area contributed by atoms with E-state index in [0.717, 1.165) is 25.3 Å². The predicted molar refractivity (Wildman–Crippen MR) is 101 cm³/mol. The largest absolute Gasteiger partial charge is 0.497 e. The van der Waals surface area contributed by atoms with Crippen LogP contribution in [0.15, 0.2) is 35.2 Å². The van der Waals surface area contributed by atoms with Gasteiger partial charge in [0.15, 0.2) is 11.6 Å². The van der Waals surface area contributed by atoms with Crippen molar-refractivity contribution in [2.45, 2.75) is 31.6 Å². The Kier molecular flexibility index (Phi) is 5.31. The average Bonchev–Trinajstić information content (AvgIpc) is 2.61. The molecule has 2 heterocycles. The fourth-order valence-electron chi connectivity index (χ4n) is 3.19. The van der Waals surface area contributed by atoms with E-state index in [2.05, 4.69) is 26.7 Å². The van der Waals surface area contributed by atoms with Crippen molar-refractivity contribution >= 4 is 21.7 Å². The van der Waals surface area contributed by atoms with Crippen molar-refractivity contribution in [3.63, 3.8) is 0 Å². The van der Waals surface area contributed by atoms with E-state index in [0.29, 0.717) is 17.2 Å². The van der Waals surface area contributed by atoms with Crippen molar-refractivity contribution in [3.05, 3.63) is 35.9 Å². The zero-order chi connectivity index (χ0) is 18.7. The molecule has 7 nitrogen and oxygen atoms in total. The monoisotopic (exact) mass is 376 g/mol. The molecule has 1 aliphatic rings. The summed E-state index contributed by atoms with van der Waals surface area (Å²) in [6, 6.07) is 8.28. The number of piperidine rings is 1. The molecule has 3 rings (SSSR count). The van der Waals surface area contributed by atoms with Gasteiger partial charge in [-0.2, -0.15) is 0 Å².